The lowest BCUT2D eigenvalue weighted by Crippen LogP contribution is -2.32. The highest BCUT2D eigenvalue weighted by atomic mass is 16.5. The lowest BCUT2D eigenvalue weighted by Gasteiger charge is -2.32. The van der Waals surface area contributed by atoms with Gasteiger partial charge >= 0.3 is 0 Å². The molecule has 0 aliphatic carbocycles. The van der Waals surface area contributed by atoms with Crippen LogP contribution in [0.25, 0.3) is 10.8 Å². The van der Waals surface area contributed by atoms with Gasteiger partial charge in [0.05, 0.1) is 0 Å². The third-order valence-electron chi connectivity index (χ3n) is 4.21. The molecule has 1 fully saturated rings. The first-order valence-electron chi connectivity index (χ1n) is 7.54. The van der Waals surface area contributed by atoms with E-state index in [2.05, 4.69) is 41.5 Å². The Labute approximate surface area is 120 Å². The molecule has 2 heterocycles. The van der Waals surface area contributed by atoms with Crippen LogP contribution < -0.4 is 5.32 Å². The zero-order valence-electron chi connectivity index (χ0n) is 12.0. The van der Waals surface area contributed by atoms with Crippen LogP contribution in [0, 0.1) is 5.92 Å². The summed E-state index contributed by atoms with van der Waals surface area (Å²) in [7, 11) is 0. The van der Waals surface area contributed by atoms with E-state index in [0.29, 0.717) is 12.0 Å². The molecule has 0 amide bonds. The van der Waals surface area contributed by atoms with Crippen molar-refractivity contribution in [1.82, 2.24) is 10.3 Å². The molecule has 3 nitrogen and oxygen atoms in total. The Hall–Kier alpha value is -1.45. The fraction of sp³-hybridized carbons (Fsp3) is 0.471. The fourth-order valence-corrected chi connectivity index (χ4v) is 3.21. The Morgan fingerprint density at radius 2 is 2.15 bits per heavy atom. The summed E-state index contributed by atoms with van der Waals surface area (Å²) in [6, 6.07) is 9.05. The van der Waals surface area contributed by atoms with E-state index < -0.39 is 0 Å². The lowest BCUT2D eigenvalue weighted by atomic mass is 9.85. The molecule has 1 aromatic carbocycles. The Balaban J connectivity index is 2.00. The van der Waals surface area contributed by atoms with Crippen molar-refractivity contribution in [3.8, 4) is 0 Å². The third-order valence-corrected chi connectivity index (χ3v) is 4.21. The predicted molar refractivity (Wildman–Crippen MR) is 81.7 cm³/mol. The van der Waals surface area contributed by atoms with Crippen molar-refractivity contribution in [2.75, 3.05) is 19.8 Å². The third kappa shape index (κ3) is 2.69. The van der Waals surface area contributed by atoms with Gasteiger partial charge < -0.3 is 10.1 Å². The van der Waals surface area contributed by atoms with Gasteiger partial charge in [0.25, 0.3) is 0 Å². The van der Waals surface area contributed by atoms with Crippen LogP contribution in [0.15, 0.2) is 36.7 Å². The summed E-state index contributed by atoms with van der Waals surface area (Å²) in [6.07, 6.45) is 6.12. The summed E-state index contributed by atoms with van der Waals surface area (Å²) in [5.74, 6) is 0.648. The van der Waals surface area contributed by atoms with Crippen LogP contribution in [0.3, 0.4) is 0 Å². The number of aromatic nitrogens is 1. The van der Waals surface area contributed by atoms with E-state index >= 15 is 0 Å². The number of fused-ring (bicyclic) bond motifs is 1. The summed E-state index contributed by atoms with van der Waals surface area (Å²) >= 11 is 0. The van der Waals surface area contributed by atoms with Crippen molar-refractivity contribution in [3.05, 3.63) is 42.2 Å². The number of hydrogen-bond acceptors (Lipinski definition) is 3. The van der Waals surface area contributed by atoms with Crippen LogP contribution in [-0.4, -0.2) is 24.7 Å². The van der Waals surface area contributed by atoms with Crippen molar-refractivity contribution in [1.29, 1.82) is 0 Å². The quantitative estimate of drug-likeness (QED) is 0.925. The highest BCUT2D eigenvalue weighted by Gasteiger charge is 2.25. The van der Waals surface area contributed by atoms with E-state index in [4.69, 9.17) is 4.74 Å². The van der Waals surface area contributed by atoms with Gasteiger partial charge in [-0.1, -0.05) is 25.1 Å². The van der Waals surface area contributed by atoms with Crippen LogP contribution in [0.5, 0.6) is 0 Å². The number of ether oxygens (including phenoxy) is 1. The average Bonchev–Trinajstić information content (AvgIpc) is 2.53. The first-order chi connectivity index (χ1) is 9.90. The molecule has 0 saturated carbocycles. The minimum atomic E-state index is 0.400. The van der Waals surface area contributed by atoms with Crippen LogP contribution in [0.1, 0.15) is 31.4 Å². The number of hydrogen-bond donors (Lipinski definition) is 1. The van der Waals surface area contributed by atoms with Crippen molar-refractivity contribution in [2.24, 2.45) is 5.92 Å². The molecule has 3 rings (SSSR count). The summed E-state index contributed by atoms with van der Waals surface area (Å²) in [5.41, 5.74) is 1.38. The van der Waals surface area contributed by atoms with Gasteiger partial charge in [0.1, 0.15) is 0 Å². The number of rotatable bonds is 4. The van der Waals surface area contributed by atoms with Crippen LogP contribution >= 0.6 is 0 Å². The SMILES string of the molecule is CCNC(c1cccc2ccncc12)C1CCOCC1. The summed E-state index contributed by atoms with van der Waals surface area (Å²) in [4.78, 5) is 4.31. The largest absolute Gasteiger partial charge is 0.381 e. The van der Waals surface area contributed by atoms with Crippen LogP contribution in [0.2, 0.25) is 0 Å². The molecule has 1 unspecified atom stereocenters. The molecule has 20 heavy (non-hydrogen) atoms. The number of nitrogens with zero attached hydrogens (tertiary/aromatic N) is 1. The summed E-state index contributed by atoms with van der Waals surface area (Å²) < 4.78 is 5.51. The minimum absolute atomic E-state index is 0.400. The van der Waals surface area contributed by atoms with Gasteiger partial charge in [-0.2, -0.15) is 0 Å². The van der Waals surface area contributed by atoms with Gasteiger partial charge in [-0.15, -0.1) is 0 Å². The maximum atomic E-state index is 5.51. The topological polar surface area (TPSA) is 34.2 Å². The second-order valence-corrected chi connectivity index (χ2v) is 5.43. The maximum absolute atomic E-state index is 5.51. The Morgan fingerprint density at radius 3 is 2.95 bits per heavy atom. The van der Waals surface area contributed by atoms with E-state index in [1.54, 1.807) is 0 Å². The van der Waals surface area contributed by atoms with E-state index in [-0.39, 0.29) is 0 Å². The first kappa shape index (κ1) is 13.5. The molecular formula is C17H22N2O. The van der Waals surface area contributed by atoms with Gasteiger partial charge in [0.15, 0.2) is 0 Å². The zero-order valence-corrected chi connectivity index (χ0v) is 12.0. The summed E-state index contributed by atoms with van der Waals surface area (Å²) in [6.45, 7) is 4.93. The number of nitrogens with one attached hydrogen (secondary N) is 1. The Bertz CT molecular complexity index is 558. The Morgan fingerprint density at radius 1 is 1.30 bits per heavy atom. The van der Waals surface area contributed by atoms with Gasteiger partial charge in [0, 0.05) is 37.0 Å². The molecule has 2 aromatic rings. The molecule has 1 aliphatic rings. The molecule has 1 atom stereocenters. The van der Waals surface area contributed by atoms with Crippen LogP contribution in [0.4, 0.5) is 0 Å². The van der Waals surface area contributed by atoms with Gasteiger partial charge in [-0.3, -0.25) is 4.98 Å². The van der Waals surface area contributed by atoms with Crippen LogP contribution in [-0.2, 0) is 4.74 Å². The molecule has 106 valence electrons. The van der Waals surface area contributed by atoms with Gasteiger partial charge in [0.2, 0.25) is 0 Å². The second kappa shape index (κ2) is 6.33. The highest BCUT2D eigenvalue weighted by molar-refractivity contribution is 5.85. The maximum Gasteiger partial charge on any atom is 0.0469 e. The smallest absolute Gasteiger partial charge is 0.0469 e. The molecule has 1 N–H and O–H groups in total. The average molecular weight is 270 g/mol. The molecule has 1 aliphatic heterocycles. The first-order valence-corrected chi connectivity index (χ1v) is 7.54. The standard InChI is InChI=1S/C17H22N2O/c1-2-19-17(14-7-10-20-11-8-14)15-5-3-4-13-6-9-18-12-16(13)15/h3-6,9,12,14,17,19H,2,7-8,10-11H2,1H3. The fourth-order valence-electron chi connectivity index (χ4n) is 3.21. The van der Waals surface area contributed by atoms with E-state index in [9.17, 15) is 0 Å². The lowest BCUT2D eigenvalue weighted by molar-refractivity contribution is 0.0540. The second-order valence-electron chi connectivity index (χ2n) is 5.43. The number of benzene rings is 1. The van der Waals surface area contributed by atoms with E-state index in [1.165, 1.54) is 16.3 Å². The molecule has 0 bridgehead atoms. The van der Waals surface area contributed by atoms with E-state index in [0.717, 1.165) is 32.6 Å². The van der Waals surface area contributed by atoms with Gasteiger partial charge in [-0.05, 0) is 42.3 Å². The van der Waals surface area contributed by atoms with Crippen molar-refractivity contribution in [3.63, 3.8) is 0 Å². The van der Waals surface area contributed by atoms with Crippen molar-refractivity contribution >= 4 is 10.8 Å². The molecule has 0 spiro atoms. The normalized spacial score (nSPS) is 18.2. The molecular weight excluding hydrogens is 248 g/mol. The Kier molecular flexibility index (Phi) is 4.28. The molecule has 3 heteroatoms. The molecule has 1 saturated heterocycles. The van der Waals surface area contributed by atoms with Crippen molar-refractivity contribution in [2.45, 2.75) is 25.8 Å². The highest BCUT2D eigenvalue weighted by Crippen LogP contribution is 2.33. The van der Waals surface area contributed by atoms with Gasteiger partial charge in [-0.25, -0.2) is 0 Å². The summed E-state index contributed by atoms with van der Waals surface area (Å²) in [5, 5.41) is 6.22. The minimum Gasteiger partial charge on any atom is -0.381 e. The predicted octanol–water partition coefficient (Wildman–Crippen LogP) is 3.31. The monoisotopic (exact) mass is 270 g/mol. The molecule has 0 radical (unpaired) electrons. The zero-order chi connectivity index (χ0) is 13.8. The number of pyridine rings is 1. The van der Waals surface area contributed by atoms with Crippen molar-refractivity contribution < 1.29 is 4.74 Å². The van der Waals surface area contributed by atoms with E-state index in [1.807, 2.05) is 12.4 Å². The molecule has 1 aromatic heterocycles.